The van der Waals surface area contributed by atoms with Gasteiger partial charge in [0.2, 0.25) is 0 Å². The average Bonchev–Trinajstić information content (AvgIpc) is 2.31. The highest BCUT2D eigenvalue weighted by Crippen LogP contribution is 2.40. The van der Waals surface area contributed by atoms with E-state index in [1.807, 2.05) is 0 Å². The largest absolute Gasteiger partial charge is 0.329 e. The van der Waals surface area contributed by atoms with Gasteiger partial charge in [0.1, 0.15) is 0 Å². The van der Waals surface area contributed by atoms with E-state index in [9.17, 15) is 0 Å². The molecule has 1 aliphatic carbocycles. The van der Waals surface area contributed by atoms with Gasteiger partial charge in [-0.05, 0) is 25.7 Å². The van der Waals surface area contributed by atoms with Crippen molar-refractivity contribution in [2.45, 2.75) is 51.1 Å². The van der Waals surface area contributed by atoms with E-state index in [0.29, 0.717) is 11.6 Å². The smallest absolute Gasteiger partial charge is 0.0360 e. The van der Waals surface area contributed by atoms with Crippen molar-refractivity contribution in [3.8, 4) is 0 Å². The van der Waals surface area contributed by atoms with Crippen molar-refractivity contribution < 1.29 is 0 Å². The topological polar surface area (TPSA) is 29.3 Å². The molecule has 2 rings (SSSR count). The summed E-state index contributed by atoms with van der Waals surface area (Å²) < 4.78 is 0. The summed E-state index contributed by atoms with van der Waals surface area (Å²) in [7, 11) is 0. The summed E-state index contributed by atoms with van der Waals surface area (Å²) in [6, 6.07) is 0.711. The van der Waals surface area contributed by atoms with E-state index >= 15 is 0 Å². The van der Waals surface area contributed by atoms with Crippen LogP contribution in [-0.2, 0) is 0 Å². The Morgan fingerprint density at radius 2 is 2.19 bits per heavy atom. The van der Waals surface area contributed by atoms with E-state index in [2.05, 4.69) is 30.5 Å². The Morgan fingerprint density at radius 1 is 1.38 bits per heavy atom. The number of hydrogen-bond donors (Lipinski definition) is 1. The lowest BCUT2D eigenvalue weighted by Crippen LogP contribution is -2.63. The Labute approximate surface area is 104 Å². The first-order chi connectivity index (χ1) is 7.70. The quantitative estimate of drug-likeness (QED) is 0.806. The summed E-state index contributed by atoms with van der Waals surface area (Å²) in [5, 5.41) is 0. The zero-order valence-corrected chi connectivity index (χ0v) is 11.6. The SMILES string of the molecule is CC1CSCCN1C1(CN)CCCCC1C. The molecule has 2 aliphatic rings. The summed E-state index contributed by atoms with van der Waals surface area (Å²) in [5.74, 6) is 3.35. The van der Waals surface area contributed by atoms with Gasteiger partial charge in [-0.25, -0.2) is 0 Å². The Kier molecular flexibility index (Phi) is 4.20. The molecule has 94 valence electrons. The normalized spacial score (nSPS) is 42.2. The van der Waals surface area contributed by atoms with Crippen LogP contribution in [-0.4, -0.2) is 41.1 Å². The summed E-state index contributed by atoms with van der Waals surface area (Å²) in [4.78, 5) is 2.74. The molecule has 1 heterocycles. The molecular weight excluding hydrogens is 216 g/mol. The molecule has 0 radical (unpaired) electrons. The number of nitrogens with zero attached hydrogens (tertiary/aromatic N) is 1. The third-order valence-corrected chi connectivity index (χ3v) is 5.90. The predicted molar refractivity (Wildman–Crippen MR) is 72.9 cm³/mol. The maximum Gasteiger partial charge on any atom is 0.0360 e. The molecule has 0 amide bonds. The summed E-state index contributed by atoms with van der Waals surface area (Å²) in [6.07, 6.45) is 5.46. The van der Waals surface area contributed by atoms with Crippen LogP contribution in [0.25, 0.3) is 0 Å². The molecule has 3 heteroatoms. The van der Waals surface area contributed by atoms with Crippen LogP contribution < -0.4 is 5.73 Å². The molecule has 0 aromatic carbocycles. The monoisotopic (exact) mass is 242 g/mol. The van der Waals surface area contributed by atoms with Gasteiger partial charge in [-0.15, -0.1) is 0 Å². The molecule has 16 heavy (non-hydrogen) atoms. The molecule has 3 unspecified atom stereocenters. The van der Waals surface area contributed by atoms with Crippen LogP contribution >= 0.6 is 11.8 Å². The van der Waals surface area contributed by atoms with Crippen molar-refractivity contribution in [2.24, 2.45) is 11.7 Å². The number of hydrogen-bond acceptors (Lipinski definition) is 3. The van der Waals surface area contributed by atoms with E-state index in [1.54, 1.807) is 0 Å². The van der Waals surface area contributed by atoms with Gasteiger partial charge in [0, 0.05) is 36.2 Å². The summed E-state index contributed by atoms with van der Waals surface area (Å²) in [5.41, 5.74) is 6.49. The van der Waals surface area contributed by atoms with Crippen molar-refractivity contribution in [1.29, 1.82) is 0 Å². The fourth-order valence-electron chi connectivity index (χ4n) is 3.63. The third-order valence-electron chi connectivity index (χ3n) is 4.71. The lowest BCUT2D eigenvalue weighted by Gasteiger charge is -2.54. The number of nitrogens with two attached hydrogens (primary N) is 1. The van der Waals surface area contributed by atoms with Crippen LogP contribution in [0.3, 0.4) is 0 Å². The van der Waals surface area contributed by atoms with Gasteiger partial charge in [-0.1, -0.05) is 19.8 Å². The van der Waals surface area contributed by atoms with Crippen LogP contribution in [0, 0.1) is 5.92 Å². The Hall–Kier alpha value is 0.270. The van der Waals surface area contributed by atoms with Crippen molar-refractivity contribution in [1.82, 2.24) is 4.90 Å². The van der Waals surface area contributed by atoms with Crippen LogP contribution in [0.5, 0.6) is 0 Å². The molecule has 2 N–H and O–H groups in total. The van der Waals surface area contributed by atoms with Gasteiger partial charge in [0.15, 0.2) is 0 Å². The number of rotatable bonds is 2. The first-order valence-corrected chi connectivity index (χ1v) is 7.91. The molecule has 2 nitrogen and oxygen atoms in total. The van der Waals surface area contributed by atoms with Gasteiger partial charge in [-0.2, -0.15) is 11.8 Å². The maximum absolute atomic E-state index is 6.17. The van der Waals surface area contributed by atoms with Crippen LogP contribution in [0.2, 0.25) is 0 Å². The zero-order chi connectivity index (χ0) is 11.6. The Morgan fingerprint density at radius 3 is 2.81 bits per heavy atom. The fraction of sp³-hybridized carbons (Fsp3) is 1.00. The van der Waals surface area contributed by atoms with Crippen LogP contribution in [0.1, 0.15) is 39.5 Å². The molecule has 1 saturated carbocycles. The van der Waals surface area contributed by atoms with E-state index in [4.69, 9.17) is 5.73 Å². The van der Waals surface area contributed by atoms with Gasteiger partial charge in [0.05, 0.1) is 0 Å². The van der Waals surface area contributed by atoms with Gasteiger partial charge < -0.3 is 5.73 Å². The second-order valence-electron chi connectivity index (χ2n) is 5.57. The Bertz CT molecular complexity index is 234. The molecule has 1 aliphatic heterocycles. The molecule has 0 bridgehead atoms. The van der Waals surface area contributed by atoms with E-state index in [1.165, 1.54) is 43.7 Å². The molecule has 3 atom stereocenters. The Balaban J connectivity index is 2.17. The van der Waals surface area contributed by atoms with Gasteiger partial charge in [-0.3, -0.25) is 4.90 Å². The van der Waals surface area contributed by atoms with Crippen LogP contribution in [0.15, 0.2) is 0 Å². The van der Waals surface area contributed by atoms with Gasteiger partial charge in [0.25, 0.3) is 0 Å². The highest BCUT2D eigenvalue weighted by molar-refractivity contribution is 7.99. The molecular formula is C13H26N2S. The second-order valence-corrected chi connectivity index (χ2v) is 6.72. The number of thioether (sulfide) groups is 1. The average molecular weight is 242 g/mol. The minimum Gasteiger partial charge on any atom is -0.329 e. The van der Waals surface area contributed by atoms with Crippen molar-refractivity contribution in [3.63, 3.8) is 0 Å². The molecule has 2 fully saturated rings. The van der Waals surface area contributed by atoms with Gasteiger partial charge >= 0.3 is 0 Å². The maximum atomic E-state index is 6.17. The fourth-order valence-corrected chi connectivity index (χ4v) is 4.65. The molecule has 1 saturated heterocycles. The lowest BCUT2D eigenvalue weighted by atomic mass is 9.72. The van der Waals surface area contributed by atoms with Crippen molar-refractivity contribution >= 4 is 11.8 Å². The van der Waals surface area contributed by atoms with Crippen LogP contribution in [0.4, 0.5) is 0 Å². The minimum absolute atomic E-state index is 0.318. The predicted octanol–water partition coefficient (Wildman–Crippen LogP) is 2.33. The lowest BCUT2D eigenvalue weighted by molar-refractivity contribution is -0.00529. The summed E-state index contributed by atoms with van der Waals surface area (Å²) in [6.45, 7) is 6.89. The van der Waals surface area contributed by atoms with E-state index < -0.39 is 0 Å². The van der Waals surface area contributed by atoms with E-state index in [-0.39, 0.29) is 0 Å². The zero-order valence-electron chi connectivity index (χ0n) is 10.7. The first kappa shape index (κ1) is 12.7. The highest BCUT2D eigenvalue weighted by atomic mass is 32.2. The third kappa shape index (κ3) is 2.14. The molecule has 0 aromatic rings. The van der Waals surface area contributed by atoms with Crippen molar-refractivity contribution in [3.05, 3.63) is 0 Å². The second kappa shape index (κ2) is 5.28. The first-order valence-electron chi connectivity index (χ1n) is 6.75. The summed E-state index contributed by atoms with van der Waals surface area (Å²) >= 11 is 2.10. The van der Waals surface area contributed by atoms with E-state index in [0.717, 1.165) is 12.5 Å². The minimum atomic E-state index is 0.318. The van der Waals surface area contributed by atoms with Crippen molar-refractivity contribution in [2.75, 3.05) is 24.6 Å². The highest BCUT2D eigenvalue weighted by Gasteiger charge is 2.44. The standard InChI is InChI=1S/C13H26N2S/c1-11-5-3-4-6-13(11,10-14)15-7-8-16-9-12(15)2/h11-12H,3-10,14H2,1-2H3. The molecule has 0 aromatic heterocycles. The molecule has 0 spiro atoms.